The fourth-order valence-electron chi connectivity index (χ4n) is 4.64. The van der Waals surface area contributed by atoms with Crippen LogP contribution in [-0.4, -0.2) is 44.1 Å². The smallest absolute Gasteiger partial charge is 0.263 e. The molecule has 32 heavy (non-hydrogen) atoms. The number of likely N-dealkylation sites (tertiary alicyclic amines) is 1. The highest BCUT2D eigenvalue weighted by molar-refractivity contribution is 5.89. The quantitative estimate of drug-likeness (QED) is 0.633. The number of pyridine rings is 1. The molecule has 164 valence electrons. The second kappa shape index (κ2) is 7.85. The zero-order valence-corrected chi connectivity index (χ0v) is 17.8. The second-order valence-corrected chi connectivity index (χ2v) is 8.59. The molecule has 2 aromatic heterocycles. The predicted octanol–water partition coefficient (Wildman–Crippen LogP) is 2.08. The molecule has 2 aliphatic heterocycles. The molecule has 8 heteroatoms. The highest BCUT2D eigenvalue weighted by atomic mass is 19.1. The van der Waals surface area contributed by atoms with Crippen molar-refractivity contribution in [2.24, 2.45) is 5.92 Å². The van der Waals surface area contributed by atoms with Crippen molar-refractivity contribution in [2.75, 3.05) is 13.1 Å². The van der Waals surface area contributed by atoms with Crippen molar-refractivity contribution in [2.45, 2.75) is 32.9 Å². The largest absolute Gasteiger partial charge is 0.338 e. The first-order valence-corrected chi connectivity index (χ1v) is 10.7. The first-order chi connectivity index (χ1) is 15.4. The summed E-state index contributed by atoms with van der Waals surface area (Å²) in [7, 11) is 0. The summed E-state index contributed by atoms with van der Waals surface area (Å²) in [4.78, 5) is 46.5. The highest BCUT2D eigenvalue weighted by Crippen LogP contribution is 2.25. The van der Waals surface area contributed by atoms with E-state index in [-0.39, 0.29) is 30.3 Å². The van der Waals surface area contributed by atoms with Crippen LogP contribution in [-0.2, 0) is 29.1 Å². The third kappa shape index (κ3) is 3.66. The maximum Gasteiger partial charge on any atom is 0.263 e. The van der Waals surface area contributed by atoms with E-state index < -0.39 is 11.7 Å². The Morgan fingerprint density at radius 3 is 2.88 bits per heavy atom. The third-order valence-electron chi connectivity index (χ3n) is 6.26. The number of nitrogens with zero attached hydrogens (tertiary/aromatic N) is 4. The fourth-order valence-corrected chi connectivity index (χ4v) is 4.64. The van der Waals surface area contributed by atoms with Crippen LogP contribution in [0.25, 0.3) is 5.65 Å². The van der Waals surface area contributed by atoms with Crippen LogP contribution >= 0.6 is 0 Å². The zero-order valence-electron chi connectivity index (χ0n) is 17.8. The van der Waals surface area contributed by atoms with Crippen molar-refractivity contribution in [3.05, 3.63) is 81.2 Å². The van der Waals surface area contributed by atoms with Gasteiger partial charge in [0.2, 0.25) is 11.8 Å². The van der Waals surface area contributed by atoms with Gasteiger partial charge in [0.1, 0.15) is 11.5 Å². The molecule has 3 aromatic rings. The number of hydrogen-bond acceptors (Lipinski definition) is 4. The molecule has 0 aliphatic carbocycles. The van der Waals surface area contributed by atoms with Gasteiger partial charge in [-0.05, 0) is 24.6 Å². The van der Waals surface area contributed by atoms with Crippen LogP contribution < -0.4 is 5.56 Å². The van der Waals surface area contributed by atoms with Gasteiger partial charge in [-0.25, -0.2) is 9.37 Å². The molecular formula is C24H23FN4O3. The van der Waals surface area contributed by atoms with Crippen LogP contribution in [0.1, 0.15) is 28.8 Å². The third-order valence-corrected chi connectivity index (χ3v) is 6.26. The molecule has 0 radical (unpaired) electrons. The molecule has 1 fully saturated rings. The molecule has 0 N–H and O–H groups in total. The van der Waals surface area contributed by atoms with Crippen molar-refractivity contribution in [1.29, 1.82) is 0 Å². The van der Waals surface area contributed by atoms with Gasteiger partial charge in [-0.1, -0.05) is 29.8 Å². The van der Waals surface area contributed by atoms with Gasteiger partial charge in [0, 0.05) is 38.7 Å². The number of benzene rings is 1. The average Bonchev–Trinajstić information content (AvgIpc) is 3.14. The van der Waals surface area contributed by atoms with Crippen LogP contribution in [0.3, 0.4) is 0 Å². The molecule has 0 saturated carbocycles. The van der Waals surface area contributed by atoms with E-state index in [1.807, 2.05) is 31.2 Å². The van der Waals surface area contributed by atoms with Crippen LogP contribution in [0.2, 0.25) is 0 Å². The van der Waals surface area contributed by atoms with Gasteiger partial charge >= 0.3 is 0 Å². The van der Waals surface area contributed by atoms with Crippen LogP contribution in [0, 0.1) is 18.7 Å². The van der Waals surface area contributed by atoms with Crippen LogP contribution in [0.15, 0.2) is 47.4 Å². The van der Waals surface area contributed by atoms with E-state index in [4.69, 9.17) is 0 Å². The fraction of sp³-hybridized carbons (Fsp3) is 0.333. The molecule has 2 aliphatic rings. The van der Waals surface area contributed by atoms with Gasteiger partial charge < -0.3 is 9.80 Å². The summed E-state index contributed by atoms with van der Waals surface area (Å²) in [6.45, 7) is 3.43. The zero-order chi connectivity index (χ0) is 22.4. The average molecular weight is 434 g/mol. The molecule has 1 atom stereocenters. The Hall–Kier alpha value is -3.55. The van der Waals surface area contributed by atoms with Crippen LogP contribution in [0.4, 0.5) is 4.39 Å². The Labute approximate surface area is 184 Å². The number of halogens is 1. The second-order valence-electron chi connectivity index (χ2n) is 8.59. The maximum atomic E-state index is 13.6. The number of carbonyl (C=O) groups excluding carboxylic acids is 2. The first-order valence-electron chi connectivity index (χ1n) is 10.7. The number of carbonyl (C=O) groups is 2. The van der Waals surface area contributed by atoms with Crippen molar-refractivity contribution in [3.8, 4) is 0 Å². The van der Waals surface area contributed by atoms with Gasteiger partial charge in [0.05, 0.1) is 23.7 Å². The number of aryl methyl sites for hydroxylation is 1. The normalized spacial score (nSPS) is 18.3. The summed E-state index contributed by atoms with van der Waals surface area (Å²) < 4.78 is 14.8. The summed E-state index contributed by atoms with van der Waals surface area (Å²) in [6, 6.07) is 10.7. The summed E-state index contributed by atoms with van der Waals surface area (Å²) >= 11 is 0. The summed E-state index contributed by atoms with van der Waals surface area (Å²) in [5.41, 5.74) is 3.26. The molecular weight excluding hydrogens is 411 g/mol. The van der Waals surface area contributed by atoms with Gasteiger partial charge in [0.15, 0.2) is 0 Å². The van der Waals surface area contributed by atoms with E-state index in [1.54, 1.807) is 9.80 Å². The van der Waals surface area contributed by atoms with Crippen molar-refractivity contribution in [1.82, 2.24) is 19.2 Å². The van der Waals surface area contributed by atoms with Gasteiger partial charge in [-0.3, -0.25) is 18.8 Å². The molecule has 2 amide bonds. The number of hydrogen-bond donors (Lipinski definition) is 0. The minimum Gasteiger partial charge on any atom is -0.338 e. The number of aromatic nitrogens is 2. The van der Waals surface area contributed by atoms with Gasteiger partial charge in [-0.15, -0.1) is 0 Å². The van der Waals surface area contributed by atoms with Crippen LogP contribution in [0.5, 0.6) is 0 Å². The number of fused-ring (bicyclic) bond motifs is 2. The SMILES string of the molecule is Cc1cccc(CN2CC(C(=O)N3CCc4nc5ccc(F)cn5c(=O)c4C3)CC2=O)c1. The number of rotatable bonds is 3. The number of amides is 2. The lowest BCUT2D eigenvalue weighted by Crippen LogP contribution is -2.43. The molecule has 0 bridgehead atoms. The summed E-state index contributed by atoms with van der Waals surface area (Å²) in [5, 5.41) is 0. The lowest BCUT2D eigenvalue weighted by atomic mass is 10.0. The molecule has 4 heterocycles. The van der Waals surface area contributed by atoms with Crippen molar-refractivity contribution in [3.63, 3.8) is 0 Å². The van der Waals surface area contributed by atoms with E-state index in [2.05, 4.69) is 4.98 Å². The minimum atomic E-state index is -0.525. The van der Waals surface area contributed by atoms with E-state index in [1.165, 1.54) is 16.5 Å². The van der Waals surface area contributed by atoms with Gasteiger partial charge in [0.25, 0.3) is 5.56 Å². The Morgan fingerprint density at radius 1 is 1.22 bits per heavy atom. The highest BCUT2D eigenvalue weighted by Gasteiger charge is 2.37. The molecule has 0 spiro atoms. The van der Waals surface area contributed by atoms with E-state index in [0.717, 1.165) is 17.3 Å². The predicted molar refractivity (Wildman–Crippen MR) is 115 cm³/mol. The lowest BCUT2D eigenvalue weighted by molar-refractivity contribution is -0.136. The van der Waals surface area contributed by atoms with E-state index >= 15 is 0 Å². The Bertz CT molecular complexity index is 1300. The maximum absolute atomic E-state index is 13.6. The molecule has 1 aromatic carbocycles. The first kappa shape index (κ1) is 20.4. The Morgan fingerprint density at radius 2 is 2.06 bits per heavy atom. The lowest BCUT2D eigenvalue weighted by Gasteiger charge is -2.30. The van der Waals surface area contributed by atoms with Crippen molar-refractivity contribution < 1.29 is 14.0 Å². The molecule has 1 saturated heterocycles. The molecule has 5 rings (SSSR count). The summed E-state index contributed by atoms with van der Waals surface area (Å²) in [6.07, 6.45) is 1.75. The Balaban J connectivity index is 1.33. The van der Waals surface area contributed by atoms with E-state index in [0.29, 0.717) is 43.0 Å². The Kier molecular flexibility index (Phi) is 5.00. The topological polar surface area (TPSA) is 75.0 Å². The monoisotopic (exact) mass is 434 g/mol. The molecule has 1 unspecified atom stereocenters. The standard InChI is InChI=1S/C24H23FN4O3/c1-15-3-2-4-16(9-15)11-28-12-17(10-22(28)30)23(31)27-8-7-20-19(14-27)24(32)29-13-18(25)5-6-21(29)26-20/h2-6,9,13,17H,7-8,10-12,14H2,1H3. The van der Waals surface area contributed by atoms with E-state index in [9.17, 15) is 18.8 Å². The summed E-state index contributed by atoms with van der Waals surface area (Å²) in [5.74, 6) is -1.12. The molecule has 7 nitrogen and oxygen atoms in total. The minimum absolute atomic E-state index is 0.0366. The van der Waals surface area contributed by atoms with Gasteiger partial charge in [-0.2, -0.15) is 0 Å². The van der Waals surface area contributed by atoms with Crippen molar-refractivity contribution >= 4 is 17.5 Å².